The molecule has 0 spiro atoms. The summed E-state index contributed by atoms with van der Waals surface area (Å²) in [5, 5.41) is 2.80. The van der Waals surface area contributed by atoms with Gasteiger partial charge < -0.3 is 10.2 Å². The molecular formula is C17H16N2O2. The SMILES string of the molecule is Cc1ccccc1C(=O)c1ccc2c(c1)CN(C)C(=O)N2. The third-order valence-corrected chi connectivity index (χ3v) is 3.75. The first-order valence-electron chi connectivity index (χ1n) is 6.81. The van der Waals surface area contributed by atoms with Gasteiger partial charge in [0.1, 0.15) is 0 Å². The molecule has 4 nitrogen and oxygen atoms in total. The molecule has 21 heavy (non-hydrogen) atoms. The Labute approximate surface area is 123 Å². The van der Waals surface area contributed by atoms with Crippen molar-refractivity contribution in [3.63, 3.8) is 0 Å². The quantitative estimate of drug-likeness (QED) is 0.859. The molecule has 0 radical (unpaired) electrons. The zero-order valence-electron chi connectivity index (χ0n) is 12.0. The van der Waals surface area contributed by atoms with Crippen molar-refractivity contribution >= 4 is 17.5 Å². The van der Waals surface area contributed by atoms with Gasteiger partial charge in [-0.05, 0) is 36.2 Å². The van der Waals surface area contributed by atoms with Crippen LogP contribution in [-0.2, 0) is 6.54 Å². The number of fused-ring (bicyclic) bond motifs is 1. The topological polar surface area (TPSA) is 49.4 Å². The number of carbonyl (C=O) groups is 2. The van der Waals surface area contributed by atoms with E-state index < -0.39 is 0 Å². The molecule has 106 valence electrons. The van der Waals surface area contributed by atoms with Crippen molar-refractivity contribution in [2.24, 2.45) is 0 Å². The van der Waals surface area contributed by atoms with Crippen molar-refractivity contribution in [1.29, 1.82) is 0 Å². The lowest BCUT2D eigenvalue weighted by Crippen LogP contribution is -2.35. The lowest BCUT2D eigenvalue weighted by Gasteiger charge is -2.26. The number of amides is 2. The van der Waals surface area contributed by atoms with Gasteiger partial charge in [-0.1, -0.05) is 24.3 Å². The molecule has 0 bridgehead atoms. The third kappa shape index (κ3) is 2.40. The summed E-state index contributed by atoms with van der Waals surface area (Å²) in [6.45, 7) is 2.44. The zero-order chi connectivity index (χ0) is 15.0. The molecule has 0 saturated carbocycles. The maximum absolute atomic E-state index is 12.6. The fraction of sp³-hybridized carbons (Fsp3) is 0.176. The van der Waals surface area contributed by atoms with Crippen molar-refractivity contribution in [3.8, 4) is 0 Å². The van der Waals surface area contributed by atoms with Crippen molar-refractivity contribution in [2.75, 3.05) is 12.4 Å². The summed E-state index contributed by atoms with van der Waals surface area (Å²) < 4.78 is 0. The molecule has 0 saturated heterocycles. The second-order valence-electron chi connectivity index (χ2n) is 5.30. The van der Waals surface area contributed by atoms with Crippen molar-refractivity contribution in [1.82, 2.24) is 4.90 Å². The van der Waals surface area contributed by atoms with Crippen molar-refractivity contribution in [3.05, 3.63) is 64.7 Å². The molecule has 0 fully saturated rings. The highest BCUT2D eigenvalue weighted by Crippen LogP contribution is 2.25. The minimum absolute atomic E-state index is 0.00968. The largest absolute Gasteiger partial charge is 0.323 e. The molecule has 1 N–H and O–H groups in total. The maximum Gasteiger partial charge on any atom is 0.321 e. The minimum Gasteiger partial charge on any atom is -0.323 e. The van der Waals surface area contributed by atoms with E-state index in [2.05, 4.69) is 5.32 Å². The molecule has 1 aliphatic rings. The van der Waals surface area contributed by atoms with Gasteiger partial charge >= 0.3 is 6.03 Å². The van der Waals surface area contributed by atoms with Gasteiger partial charge in [0.25, 0.3) is 0 Å². The van der Waals surface area contributed by atoms with Gasteiger partial charge in [-0.25, -0.2) is 4.79 Å². The lowest BCUT2D eigenvalue weighted by atomic mass is 9.97. The second kappa shape index (κ2) is 5.05. The van der Waals surface area contributed by atoms with Crippen LogP contribution < -0.4 is 5.32 Å². The number of nitrogens with zero attached hydrogens (tertiary/aromatic N) is 1. The van der Waals surface area contributed by atoms with E-state index in [4.69, 9.17) is 0 Å². The van der Waals surface area contributed by atoms with Crippen LogP contribution in [-0.4, -0.2) is 23.8 Å². The Kier molecular flexibility index (Phi) is 3.22. The van der Waals surface area contributed by atoms with Crippen LogP contribution in [0.3, 0.4) is 0 Å². The summed E-state index contributed by atoms with van der Waals surface area (Å²) in [6, 6.07) is 12.9. The summed E-state index contributed by atoms with van der Waals surface area (Å²) in [6.07, 6.45) is 0. The van der Waals surface area contributed by atoms with Crippen LogP contribution in [0.2, 0.25) is 0 Å². The van der Waals surface area contributed by atoms with Gasteiger partial charge in [0.15, 0.2) is 5.78 Å². The van der Waals surface area contributed by atoms with E-state index in [1.807, 2.05) is 37.3 Å². The first-order valence-corrected chi connectivity index (χ1v) is 6.81. The smallest absolute Gasteiger partial charge is 0.321 e. The molecule has 1 heterocycles. The van der Waals surface area contributed by atoms with E-state index in [0.717, 1.165) is 16.8 Å². The zero-order valence-corrected chi connectivity index (χ0v) is 12.0. The van der Waals surface area contributed by atoms with Crippen LogP contribution in [0.4, 0.5) is 10.5 Å². The minimum atomic E-state index is -0.125. The van der Waals surface area contributed by atoms with Gasteiger partial charge in [0, 0.05) is 30.4 Å². The summed E-state index contributed by atoms with van der Waals surface area (Å²) in [5.41, 5.74) is 4.06. The van der Waals surface area contributed by atoms with E-state index in [0.29, 0.717) is 17.7 Å². The summed E-state index contributed by atoms with van der Waals surface area (Å²) in [7, 11) is 1.73. The first-order chi connectivity index (χ1) is 10.1. The van der Waals surface area contributed by atoms with Gasteiger partial charge in [-0.2, -0.15) is 0 Å². The molecule has 3 rings (SSSR count). The number of hydrogen-bond donors (Lipinski definition) is 1. The third-order valence-electron chi connectivity index (χ3n) is 3.75. The van der Waals surface area contributed by atoms with E-state index in [1.165, 1.54) is 0 Å². The number of carbonyl (C=O) groups excluding carboxylic acids is 2. The Balaban J connectivity index is 1.98. The number of nitrogens with one attached hydrogen (secondary N) is 1. The average Bonchev–Trinajstić information content (AvgIpc) is 2.48. The number of hydrogen-bond acceptors (Lipinski definition) is 2. The van der Waals surface area contributed by atoms with Crippen LogP contribution in [0.5, 0.6) is 0 Å². The number of aryl methyl sites for hydroxylation is 1. The van der Waals surface area contributed by atoms with E-state index >= 15 is 0 Å². The summed E-state index contributed by atoms with van der Waals surface area (Å²) in [4.78, 5) is 25.8. The van der Waals surface area contributed by atoms with Crippen molar-refractivity contribution in [2.45, 2.75) is 13.5 Å². The van der Waals surface area contributed by atoms with Gasteiger partial charge in [0.2, 0.25) is 0 Å². The fourth-order valence-electron chi connectivity index (χ4n) is 2.51. The molecule has 0 atom stereocenters. The predicted octanol–water partition coefficient (Wildman–Crippen LogP) is 3.20. The molecule has 0 aromatic heterocycles. The highest BCUT2D eigenvalue weighted by atomic mass is 16.2. The van der Waals surface area contributed by atoms with Gasteiger partial charge in [-0.15, -0.1) is 0 Å². The van der Waals surface area contributed by atoms with E-state index in [9.17, 15) is 9.59 Å². The monoisotopic (exact) mass is 280 g/mol. The standard InChI is InChI=1S/C17H16N2O2/c1-11-5-3-4-6-14(11)16(20)12-7-8-15-13(9-12)10-19(2)17(21)18-15/h3-9H,10H2,1-2H3,(H,18,21). The number of anilines is 1. The first kappa shape index (κ1) is 13.4. The Morgan fingerprint density at radius 1 is 1.19 bits per heavy atom. The maximum atomic E-state index is 12.6. The van der Waals surface area contributed by atoms with E-state index in [1.54, 1.807) is 24.1 Å². The highest BCUT2D eigenvalue weighted by Gasteiger charge is 2.21. The molecule has 0 unspecified atom stereocenters. The highest BCUT2D eigenvalue weighted by molar-refractivity contribution is 6.10. The van der Waals surface area contributed by atoms with Crippen LogP contribution in [0.25, 0.3) is 0 Å². The number of urea groups is 1. The molecule has 2 amide bonds. The van der Waals surface area contributed by atoms with Crippen LogP contribution in [0, 0.1) is 6.92 Å². The Morgan fingerprint density at radius 3 is 2.71 bits per heavy atom. The van der Waals surface area contributed by atoms with Crippen LogP contribution in [0.1, 0.15) is 27.0 Å². The fourth-order valence-corrected chi connectivity index (χ4v) is 2.51. The molecule has 4 heteroatoms. The number of ketones is 1. The van der Waals surface area contributed by atoms with E-state index in [-0.39, 0.29) is 11.8 Å². The van der Waals surface area contributed by atoms with Gasteiger partial charge in [0.05, 0.1) is 0 Å². The number of rotatable bonds is 2. The molecule has 1 aliphatic heterocycles. The van der Waals surface area contributed by atoms with Crippen LogP contribution in [0.15, 0.2) is 42.5 Å². The van der Waals surface area contributed by atoms with Crippen LogP contribution >= 0.6 is 0 Å². The lowest BCUT2D eigenvalue weighted by molar-refractivity contribution is 0.103. The second-order valence-corrected chi connectivity index (χ2v) is 5.30. The Bertz CT molecular complexity index is 737. The Morgan fingerprint density at radius 2 is 1.95 bits per heavy atom. The number of benzene rings is 2. The van der Waals surface area contributed by atoms with Gasteiger partial charge in [-0.3, -0.25) is 4.79 Å². The average molecular weight is 280 g/mol. The van der Waals surface area contributed by atoms with Crippen molar-refractivity contribution < 1.29 is 9.59 Å². The summed E-state index contributed by atoms with van der Waals surface area (Å²) >= 11 is 0. The molecule has 2 aromatic carbocycles. The molecular weight excluding hydrogens is 264 g/mol. The predicted molar refractivity (Wildman–Crippen MR) is 81.5 cm³/mol. The molecule has 2 aromatic rings. The summed E-state index contributed by atoms with van der Waals surface area (Å²) in [5.74, 6) is 0.00968. The molecule has 0 aliphatic carbocycles. The normalized spacial score (nSPS) is 13.6. The Hall–Kier alpha value is -2.62.